The Bertz CT molecular complexity index is 221. The SMILES string of the molecule is CC(C)(I)C(C)(C)C(C)(N)[Si](=O)O. The molecule has 0 spiro atoms. The highest BCUT2D eigenvalue weighted by atomic mass is 127. The van der Waals surface area contributed by atoms with Crippen molar-refractivity contribution in [2.24, 2.45) is 11.1 Å². The number of rotatable bonds is 3. The Kier molecular flexibility index (Phi) is 3.72. The summed E-state index contributed by atoms with van der Waals surface area (Å²) in [6, 6.07) is 0. The smallest absolute Gasteiger partial charge is 0.521 e. The Morgan fingerprint density at radius 3 is 1.62 bits per heavy atom. The normalized spacial score (nSPS) is 18.1. The van der Waals surface area contributed by atoms with Crippen LogP contribution in [0, 0.1) is 5.41 Å². The van der Waals surface area contributed by atoms with Gasteiger partial charge < -0.3 is 15.0 Å². The summed E-state index contributed by atoms with van der Waals surface area (Å²) in [6.45, 7) is 9.54. The Morgan fingerprint density at radius 1 is 1.23 bits per heavy atom. The van der Waals surface area contributed by atoms with Gasteiger partial charge in [-0.3, -0.25) is 0 Å². The van der Waals surface area contributed by atoms with Crippen LogP contribution in [-0.4, -0.2) is 22.3 Å². The van der Waals surface area contributed by atoms with E-state index in [0.29, 0.717) is 0 Å². The highest BCUT2D eigenvalue weighted by Crippen LogP contribution is 2.44. The van der Waals surface area contributed by atoms with Crippen molar-refractivity contribution in [1.82, 2.24) is 0 Å². The minimum Gasteiger partial charge on any atom is -0.539 e. The summed E-state index contributed by atoms with van der Waals surface area (Å²) >= 11 is 2.26. The third-order valence-corrected chi connectivity index (χ3v) is 6.09. The zero-order valence-corrected chi connectivity index (χ0v) is 12.0. The summed E-state index contributed by atoms with van der Waals surface area (Å²) in [5.41, 5.74) is 5.50. The quantitative estimate of drug-likeness (QED) is 0.470. The third kappa shape index (κ3) is 2.30. The van der Waals surface area contributed by atoms with Crippen molar-refractivity contribution in [1.29, 1.82) is 0 Å². The second-order valence-corrected chi connectivity index (χ2v) is 8.95. The summed E-state index contributed by atoms with van der Waals surface area (Å²) in [4.78, 5) is 9.20. The number of hydrogen-bond acceptors (Lipinski definition) is 2. The standard InChI is InChI=1S/C8H18INO2Si/c1-6(2,7(3,4)9)8(5,10)13(11)12/h11H,10H2,1-5H3. The van der Waals surface area contributed by atoms with Gasteiger partial charge in [0.15, 0.2) is 0 Å². The maximum absolute atomic E-state index is 11.2. The molecule has 0 aliphatic rings. The first-order valence-electron chi connectivity index (χ1n) is 4.16. The summed E-state index contributed by atoms with van der Waals surface area (Å²) in [6.07, 6.45) is 0. The fourth-order valence-electron chi connectivity index (χ4n) is 0.885. The van der Waals surface area contributed by atoms with Crippen LogP contribution in [0.2, 0.25) is 0 Å². The molecule has 0 fully saturated rings. The Morgan fingerprint density at radius 2 is 1.54 bits per heavy atom. The molecule has 3 nitrogen and oxygen atoms in total. The van der Waals surface area contributed by atoms with Gasteiger partial charge in [-0.2, -0.15) is 0 Å². The van der Waals surface area contributed by atoms with Crippen LogP contribution in [0.1, 0.15) is 34.6 Å². The van der Waals surface area contributed by atoms with Crippen LogP contribution < -0.4 is 5.73 Å². The zero-order chi connectivity index (χ0) is 11.1. The minimum absolute atomic E-state index is 0.128. The molecule has 3 N–H and O–H groups in total. The number of halogens is 1. The van der Waals surface area contributed by atoms with Crippen LogP contribution >= 0.6 is 22.6 Å². The fourth-order valence-corrected chi connectivity index (χ4v) is 2.55. The van der Waals surface area contributed by atoms with Crippen LogP contribution in [-0.2, 0) is 4.46 Å². The van der Waals surface area contributed by atoms with Gasteiger partial charge in [0.25, 0.3) is 0 Å². The van der Waals surface area contributed by atoms with Crippen molar-refractivity contribution in [2.75, 3.05) is 0 Å². The molecule has 0 radical (unpaired) electrons. The van der Waals surface area contributed by atoms with E-state index in [9.17, 15) is 9.26 Å². The molecule has 0 aliphatic heterocycles. The van der Waals surface area contributed by atoms with Crippen LogP contribution in [0.25, 0.3) is 0 Å². The van der Waals surface area contributed by atoms with Gasteiger partial charge in [0.2, 0.25) is 0 Å². The largest absolute Gasteiger partial charge is 0.539 e. The maximum atomic E-state index is 11.2. The predicted octanol–water partition coefficient (Wildman–Crippen LogP) is 1.39. The van der Waals surface area contributed by atoms with E-state index in [-0.39, 0.29) is 3.42 Å². The van der Waals surface area contributed by atoms with Crippen molar-refractivity contribution in [3.05, 3.63) is 0 Å². The van der Waals surface area contributed by atoms with Gasteiger partial charge in [-0.15, -0.1) is 0 Å². The first-order valence-corrected chi connectivity index (χ1v) is 6.59. The molecule has 0 heterocycles. The molecule has 5 heteroatoms. The van der Waals surface area contributed by atoms with Crippen LogP contribution in [0.3, 0.4) is 0 Å². The zero-order valence-electron chi connectivity index (χ0n) is 8.81. The first-order chi connectivity index (χ1) is 5.44. The minimum atomic E-state index is -2.73. The highest BCUT2D eigenvalue weighted by molar-refractivity contribution is 14.1. The summed E-state index contributed by atoms with van der Waals surface area (Å²) in [5.74, 6) is 0. The maximum Gasteiger partial charge on any atom is 0.521 e. The van der Waals surface area contributed by atoms with E-state index in [1.165, 1.54) is 0 Å². The van der Waals surface area contributed by atoms with E-state index in [0.717, 1.165) is 0 Å². The summed E-state index contributed by atoms with van der Waals surface area (Å²) in [5, 5.41) is -1.03. The Hall–Kier alpha value is 0.507. The van der Waals surface area contributed by atoms with Gasteiger partial charge in [-0.05, 0) is 6.92 Å². The molecule has 13 heavy (non-hydrogen) atoms. The molecule has 0 saturated heterocycles. The molecule has 0 aromatic rings. The molecule has 0 amide bonds. The van der Waals surface area contributed by atoms with Crippen molar-refractivity contribution >= 4 is 31.5 Å². The Balaban J connectivity index is 5.16. The van der Waals surface area contributed by atoms with Crippen molar-refractivity contribution < 1.29 is 9.26 Å². The van der Waals surface area contributed by atoms with Crippen LogP contribution in [0.15, 0.2) is 0 Å². The molecular formula is C8H18INO2Si. The second kappa shape index (κ2) is 3.58. The van der Waals surface area contributed by atoms with Gasteiger partial charge >= 0.3 is 8.93 Å². The van der Waals surface area contributed by atoms with E-state index in [4.69, 9.17) is 5.73 Å². The van der Waals surface area contributed by atoms with Gasteiger partial charge in [0, 0.05) is 8.84 Å². The van der Waals surface area contributed by atoms with E-state index >= 15 is 0 Å². The lowest BCUT2D eigenvalue weighted by atomic mass is 9.75. The lowest BCUT2D eigenvalue weighted by molar-refractivity contribution is 0.185. The van der Waals surface area contributed by atoms with E-state index < -0.39 is 19.5 Å². The molecule has 0 aromatic heterocycles. The molecule has 0 saturated carbocycles. The van der Waals surface area contributed by atoms with Crippen LogP contribution in [0.4, 0.5) is 0 Å². The molecule has 0 aliphatic carbocycles. The molecule has 1 atom stereocenters. The molecule has 1 unspecified atom stereocenters. The molecule has 0 aromatic carbocycles. The summed E-state index contributed by atoms with van der Waals surface area (Å²) < 4.78 is 11.0. The van der Waals surface area contributed by atoms with E-state index in [1.807, 2.05) is 27.7 Å². The Labute approximate surface area is 95.0 Å². The average Bonchev–Trinajstić information content (AvgIpc) is 1.84. The number of alkyl halides is 1. The van der Waals surface area contributed by atoms with Crippen molar-refractivity contribution in [3.63, 3.8) is 0 Å². The van der Waals surface area contributed by atoms with Gasteiger partial charge in [0.05, 0.1) is 5.16 Å². The lowest BCUT2D eigenvalue weighted by Crippen LogP contribution is -2.63. The molecular weight excluding hydrogens is 297 g/mol. The summed E-state index contributed by atoms with van der Waals surface area (Å²) in [7, 11) is -2.73. The second-order valence-electron chi connectivity index (χ2n) is 4.60. The van der Waals surface area contributed by atoms with E-state index in [1.54, 1.807) is 6.92 Å². The molecule has 78 valence electrons. The monoisotopic (exact) mass is 315 g/mol. The number of nitrogens with two attached hydrogens (primary N) is 1. The molecule has 0 bridgehead atoms. The fraction of sp³-hybridized carbons (Fsp3) is 1.00. The van der Waals surface area contributed by atoms with Crippen LogP contribution in [0.5, 0.6) is 0 Å². The first kappa shape index (κ1) is 13.5. The predicted molar refractivity (Wildman–Crippen MR) is 63.1 cm³/mol. The topological polar surface area (TPSA) is 63.3 Å². The third-order valence-electron chi connectivity index (χ3n) is 3.23. The van der Waals surface area contributed by atoms with Gasteiger partial charge in [0.1, 0.15) is 0 Å². The molecule has 0 rings (SSSR count). The van der Waals surface area contributed by atoms with Crippen molar-refractivity contribution in [3.8, 4) is 0 Å². The highest BCUT2D eigenvalue weighted by Gasteiger charge is 2.53. The van der Waals surface area contributed by atoms with Gasteiger partial charge in [-0.25, -0.2) is 0 Å². The number of hydrogen-bond donors (Lipinski definition) is 2. The van der Waals surface area contributed by atoms with Crippen molar-refractivity contribution in [2.45, 2.75) is 43.2 Å². The van der Waals surface area contributed by atoms with E-state index in [2.05, 4.69) is 22.6 Å². The lowest BCUT2D eigenvalue weighted by Gasteiger charge is -2.46. The van der Waals surface area contributed by atoms with Gasteiger partial charge in [-0.1, -0.05) is 50.3 Å². The average molecular weight is 315 g/mol.